The summed E-state index contributed by atoms with van der Waals surface area (Å²) in [4.78, 5) is 35.9. The van der Waals surface area contributed by atoms with E-state index >= 15 is 0 Å². The van der Waals surface area contributed by atoms with Gasteiger partial charge in [-0.05, 0) is 18.6 Å². The van der Waals surface area contributed by atoms with E-state index < -0.39 is 11.8 Å². The summed E-state index contributed by atoms with van der Waals surface area (Å²) in [5, 5.41) is 6.65. The van der Waals surface area contributed by atoms with Gasteiger partial charge in [-0.2, -0.15) is 0 Å². The first kappa shape index (κ1) is 15.3. The highest BCUT2D eigenvalue weighted by Gasteiger charge is 2.27. The van der Waals surface area contributed by atoms with Gasteiger partial charge in [0.2, 0.25) is 5.91 Å². The van der Waals surface area contributed by atoms with Gasteiger partial charge in [-0.3, -0.25) is 18.8 Å². The average Bonchev–Trinajstić information content (AvgIpc) is 3.05. The summed E-state index contributed by atoms with van der Waals surface area (Å²) < 4.78 is 6.04. The number of hydrogen-bond donors (Lipinski definition) is 1. The number of nitrogens with one attached hydrogen (secondary N) is 1. The van der Waals surface area contributed by atoms with Crippen molar-refractivity contribution in [1.82, 2.24) is 19.9 Å². The number of nitrogens with zero attached hydrogens (tertiary/aromatic N) is 3. The Labute approximate surface area is 135 Å². The quantitative estimate of drug-likeness (QED) is 0.824. The van der Waals surface area contributed by atoms with Gasteiger partial charge in [0.1, 0.15) is 0 Å². The SMILES string of the molecule is O=C1CNC(=O)N1CCCn1c(-c2ccccc2Cl)noc1=O. The van der Waals surface area contributed by atoms with E-state index in [4.69, 9.17) is 16.1 Å². The Kier molecular flexibility index (Phi) is 4.16. The topological polar surface area (TPSA) is 97.4 Å². The van der Waals surface area contributed by atoms with E-state index in [0.29, 0.717) is 22.8 Å². The highest BCUT2D eigenvalue weighted by Crippen LogP contribution is 2.25. The molecule has 3 amide bonds. The van der Waals surface area contributed by atoms with Crippen LogP contribution >= 0.6 is 11.6 Å². The molecule has 0 unspecified atom stereocenters. The third-order valence-corrected chi connectivity index (χ3v) is 3.83. The maximum atomic E-state index is 11.8. The molecule has 23 heavy (non-hydrogen) atoms. The number of carbonyl (C=O) groups excluding carboxylic acids is 2. The van der Waals surface area contributed by atoms with E-state index in [-0.39, 0.29) is 25.5 Å². The van der Waals surface area contributed by atoms with Gasteiger partial charge in [-0.25, -0.2) is 9.59 Å². The van der Waals surface area contributed by atoms with Crippen molar-refractivity contribution in [3.63, 3.8) is 0 Å². The molecule has 1 aromatic heterocycles. The molecule has 2 aromatic rings. The molecule has 1 aliphatic heterocycles. The van der Waals surface area contributed by atoms with Crippen molar-refractivity contribution < 1.29 is 14.1 Å². The summed E-state index contributed by atoms with van der Waals surface area (Å²) in [6.45, 7) is 0.473. The molecule has 1 aliphatic rings. The smallest absolute Gasteiger partial charge is 0.329 e. The van der Waals surface area contributed by atoms with Crippen molar-refractivity contribution in [2.24, 2.45) is 0 Å². The fourth-order valence-corrected chi connectivity index (χ4v) is 2.59. The third kappa shape index (κ3) is 2.98. The molecule has 8 nitrogen and oxygen atoms in total. The first-order valence-corrected chi connectivity index (χ1v) is 7.35. The summed E-state index contributed by atoms with van der Waals surface area (Å²) >= 11 is 6.11. The third-order valence-electron chi connectivity index (χ3n) is 3.50. The molecule has 0 saturated carbocycles. The number of benzene rings is 1. The standard InChI is InChI=1S/C14H13ClN4O4/c15-10-5-2-1-4-9(10)12-17-23-14(22)19(12)7-3-6-18-11(20)8-16-13(18)21/h1-2,4-5H,3,6-8H2,(H,16,21). The van der Waals surface area contributed by atoms with Crippen molar-refractivity contribution in [2.75, 3.05) is 13.1 Å². The molecule has 0 atom stereocenters. The van der Waals surface area contributed by atoms with Crippen LogP contribution in [0.2, 0.25) is 5.02 Å². The van der Waals surface area contributed by atoms with Crippen molar-refractivity contribution >= 4 is 23.5 Å². The highest BCUT2D eigenvalue weighted by molar-refractivity contribution is 6.33. The summed E-state index contributed by atoms with van der Waals surface area (Å²) in [7, 11) is 0. The lowest BCUT2D eigenvalue weighted by molar-refractivity contribution is -0.125. The normalized spacial score (nSPS) is 14.4. The summed E-state index contributed by atoms with van der Waals surface area (Å²) in [5.41, 5.74) is 0.579. The zero-order chi connectivity index (χ0) is 16.4. The van der Waals surface area contributed by atoms with E-state index in [1.165, 1.54) is 4.57 Å². The van der Waals surface area contributed by atoms with E-state index in [1.807, 2.05) is 0 Å². The van der Waals surface area contributed by atoms with Gasteiger partial charge >= 0.3 is 11.8 Å². The Morgan fingerprint density at radius 2 is 2.00 bits per heavy atom. The van der Waals surface area contributed by atoms with Crippen LogP contribution < -0.4 is 11.1 Å². The molecule has 0 radical (unpaired) electrons. The van der Waals surface area contributed by atoms with Crippen LogP contribution in [0.25, 0.3) is 11.4 Å². The first-order chi connectivity index (χ1) is 11.1. The number of rotatable bonds is 5. The summed E-state index contributed by atoms with van der Waals surface area (Å²) in [6.07, 6.45) is 0.401. The van der Waals surface area contributed by atoms with Gasteiger partial charge in [-0.15, -0.1) is 0 Å². The number of urea groups is 1. The molecule has 120 valence electrons. The van der Waals surface area contributed by atoms with Crippen LogP contribution in [0.1, 0.15) is 6.42 Å². The largest absolute Gasteiger partial charge is 0.441 e. The maximum absolute atomic E-state index is 11.8. The van der Waals surface area contributed by atoms with E-state index in [2.05, 4.69) is 10.5 Å². The van der Waals surface area contributed by atoms with Gasteiger partial charge in [0.05, 0.1) is 11.6 Å². The molecule has 1 saturated heterocycles. The second-order valence-electron chi connectivity index (χ2n) is 4.96. The number of aromatic nitrogens is 2. The van der Waals surface area contributed by atoms with E-state index in [1.54, 1.807) is 24.3 Å². The predicted molar refractivity (Wildman–Crippen MR) is 80.9 cm³/mol. The Morgan fingerprint density at radius 1 is 1.22 bits per heavy atom. The number of hydrogen-bond acceptors (Lipinski definition) is 5. The molecule has 2 heterocycles. The molecule has 9 heteroatoms. The number of amides is 3. The molecule has 3 rings (SSSR count). The minimum atomic E-state index is -0.614. The molecule has 0 bridgehead atoms. The molecule has 1 aromatic carbocycles. The molecular weight excluding hydrogens is 324 g/mol. The van der Waals surface area contributed by atoms with Gasteiger partial charge in [0.25, 0.3) is 0 Å². The summed E-state index contributed by atoms with van der Waals surface area (Å²) in [5.74, 6) is -0.575. The second kappa shape index (κ2) is 6.25. The number of imide groups is 1. The highest BCUT2D eigenvalue weighted by atomic mass is 35.5. The Morgan fingerprint density at radius 3 is 2.70 bits per heavy atom. The van der Waals surface area contributed by atoms with Gasteiger partial charge in [0.15, 0.2) is 5.82 Å². The van der Waals surface area contributed by atoms with Crippen molar-refractivity contribution in [2.45, 2.75) is 13.0 Å². The fourth-order valence-electron chi connectivity index (χ4n) is 2.37. The van der Waals surface area contributed by atoms with Crippen LogP contribution in [0.4, 0.5) is 4.79 Å². The monoisotopic (exact) mass is 336 g/mol. The van der Waals surface area contributed by atoms with Crippen LogP contribution in [0.15, 0.2) is 33.6 Å². The molecule has 0 aliphatic carbocycles. The average molecular weight is 337 g/mol. The van der Waals surface area contributed by atoms with Crippen LogP contribution in [-0.4, -0.2) is 39.7 Å². The van der Waals surface area contributed by atoms with Crippen LogP contribution in [-0.2, 0) is 11.3 Å². The minimum absolute atomic E-state index is 0.0108. The maximum Gasteiger partial charge on any atom is 0.441 e. The predicted octanol–water partition coefficient (Wildman–Crippen LogP) is 1.10. The Hall–Kier alpha value is -2.61. The zero-order valence-corrected chi connectivity index (χ0v) is 12.7. The van der Waals surface area contributed by atoms with Crippen LogP contribution in [0, 0.1) is 0 Å². The van der Waals surface area contributed by atoms with E-state index in [9.17, 15) is 14.4 Å². The minimum Gasteiger partial charge on any atom is -0.329 e. The van der Waals surface area contributed by atoms with Gasteiger partial charge in [-0.1, -0.05) is 28.9 Å². The molecule has 0 spiro atoms. The summed E-state index contributed by atoms with van der Waals surface area (Å²) in [6, 6.07) is 6.55. The lowest BCUT2D eigenvalue weighted by Crippen LogP contribution is -2.32. The van der Waals surface area contributed by atoms with Gasteiger partial charge < -0.3 is 5.32 Å². The fraction of sp³-hybridized carbons (Fsp3) is 0.286. The van der Waals surface area contributed by atoms with Gasteiger partial charge in [0, 0.05) is 18.7 Å². The lowest BCUT2D eigenvalue weighted by Gasteiger charge is -2.12. The van der Waals surface area contributed by atoms with Crippen LogP contribution in [0.5, 0.6) is 0 Å². The van der Waals surface area contributed by atoms with E-state index in [0.717, 1.165) is 4.90 Å². The second-order valence-corrected chi connectivity index (χ2v) is 5.37. The Bertz CT molecular complexity index is 797. The molecular formula is C14H13ClN4O4. The number of carbonyl (C=O) groups is 2. The van der Waals surface area contributed by atoms with Crippen molar-refractivity contribution in [3.8, 4) is 11.4 Å². The molecule has 1 fully saturated rings. The zero-order valence-electron chi connectivity index (χ0n) is 12.0. The Balaban J connectivity index is 1.75. The van der Waals surface area contributed by atoms with Crippen LogP contribution in [0.3, 0.4) is 0 Å². The first-order valence-electron chi connectivity index (χ1n) is 6.97. The van der Waals surface area contributed by atoms with Crippen molar-refractivity contribution in [1.29, 1.82) is 0 Å². The number of halogens is 1. The lowest BCUT2D eigenvalue weighted by atomic mass is 10.2. The molecule has 1 N–H and O–H groups in total. The van der Waals surface area contributed by atoms with Crippen molar-refractivity contribution in [3.05, 3.63) is 39.8 Å².